The number of allylic oxidation sites excluding steroid dienone is 12. The van der Waals surface area contributed by atoms with Crippen LogP contribution in [0.2, 0.25) is 0 Å². The van der Waals surface area contributed by atoms with E-state index in [4.69, 9.17) is 14.2 Å². The fourth-order valence-corrected chi connectivity index (χ4v) is 10.1. The van der Waals surface area contributed by atoms with Gasteiger partial charge in [0.05, 0.1) is 0 Å². The first kappa shape index (κ1) is 76.9. The summed E-state index contributed by atoms with van der Waals surface area (Å²) in [7, 11) is 0. The summed E-state index contributed by atoms with van der Waals surface area (Å²) in [5.74, 6) is -0.886. The van der Waals surface area contributed by atoms with Crippen LogP contribution in [0.5, 0.6) is 0 Å². The van der Waals surface area contributed by atoms with Gasteiger partial charge in [0.2, 0.25) is 0 Å². The minimum atomic E-state index is -0.786. The Morgan fingerprint density at radius 1 is 0.250 bits per heavy atom. The molecule has 0 aromatic heterocycles. The third-order valence-corrected chi connectivity index (χ3v) is 15.4. The molecule has 6 heteroatoms. The maximum Gasteiger partial charge on any atom is 0.306 e. The molecule has 0 spiro atoms. The number of esters is 3. The van der Waals surface area contributed by atoms with Crippen molar-refractivity contribution in [2.75, 3.05) is 13.2 Å². The van der Waals surface area contributed by atoms with Crippen molar-refractivity contribution >= 4 is 17.9 Å². The molecule has 0 radical (unpaired) electrons. The molecule has 0 N–H and O–H groups in total. The van der Waals surface area contributed by atoms with Crippen molar-refractivity contribution in [1.29, 1.82) is 0 Å². The van der Waals surface area contributed by atoms with Gasteiger partial charge >= 0.3 is 17.9 Å². The van der Waals surface area contributed by atoms with Gasteiger partial charge in [0.25, 0.3) is 0 Å². The molecular weight excluding hydrogens is 985 g/mol. The van der Waals surface area contributed by atoms with E-state index in [-0.39, 0.29) is 31.1 Å². The molecule has 0 fully saturated rings. The summed E-state index contributed by atoms with van der Waals surface area (Å²) >= 11 is 0. The Morgan fingerprint density at radius 2 is 0.450 bits per heavy atom. The van der Waals surface area contributed by atoms with Crippen LogP contribution >= 0.6 is 0 Å². The first-order valence-electron chi connectivity index (χ1n) is 34.9. The Morgan fingerprint density at radius 3 is 0.725 bits per heavy atom. The Balaban J connectivity index is 4.22. The number of hydrogen-bond acceptors (Lipinski definition) is 6. The van der Waals surface area contributed by atoms with Gasteiger partial charge in [0.1, 0.15) is 13.2 Å². The van der Waals surface area contributed by atoms with Gasteiger partial charge in [-0.05, 0) is 116 Å². The van der Waals surface area contributed by atoms with E-state index < -0.39 is 6.10 Å². The lowest BCUT2D eigenvalue weighted by molar-refractivity contribution is -0.167. The molecule has 0 heterocycles. The Labute approximate surface area is 497 Å². The highest BCUT2D eigenvalue weighted by atomic mass is 16.6. The smallest absolute Gasteiger partial charge is 0.306 e. The van der Waals surface area contributed by atoms with Gasteiger partial charge in [-0.2, -0.15) is 0 Å². The van der Waals surface area contributed by atoms with Crippen molar-refractivity contribution in [3.05, 3.63) is 72.9 Å². The average Bonchev–Trinajstić information content (AvgIpc) is 3.46. The number of carbonyl (C=O) groups excluding carboxylic acids is 3. The van der Waals surface area contributed by atoms with E-state index in [0.717, 1.165) is 103 Å². The second-order valence-electron chi connectivity index (χ2n) is 23.4. The molecule has 1 atom stereocenters. The molecule has 0 saturated carbocycles. The quantitative estimate of drug-likeness (QED) is 0.0261. The molecule has 0 amide bonds. The molecule has 0 aliphatic heterocycles. The standard InChI is InChI=1S/C74H132O6/c1-4-7-10-13-16-19-22-25-28-30-31-32-33-34-35-36-37-38-39-40-41-42-43-44-47-49-52-55-58-61-64-67-73(76)79-70-71(69-78-72(75)66-63-60-57-54-51-48-45-27-24-21-18-15-12-9-6-3)80-74(77)68-65-62-59-56-53-50-46-29-26-23-20-17-14-11-8-5-2/h20,22-23,25,27,29-31,33-34,45-46,71H,4-19,21,24,26,28,32,35-44,47-70H2,1-3H3/b23-20-,25-22-,31-30-,34-33-,45-27-,46-29-. The number of ether oxygens (including phenoxy) is 3. The number of carbonyl (C=O) groups is 3. The Bertz CT molecular complexity index is 1470. The fourth-order valence-electron chi connectivity index (χ4n) is 10.1. The summed E-state index contributed by atoms with van der Waals surface area (Å²) in [5, 5.41) is 0. The summed E-state index contributed by atoms with van der Waals surface area (Å²) in [6, 6.07) is 0. The van der Waals surface area contributed by atoms with E-state index >= 15 is 0 Å². The number of hydrogen-bond donors (Lipinski definition) is 0. The van der Waals surface area contributed by atoms with Crippen molar-refractivity contribution < 1.29 is 28.6 Å². The number of unbranched alkanes of at least 4 members (excludes halogenated alkanes) is 41. The molecule has 6 nitrogen and oxygen atoms in total. The minimum absolute atomic E-state index is 0.0810. The zero-order valence-electron chi connectivity index (χ0n) is 53.3. The van der Waals surface area contributed by atoms with Crippen molar-refractivity contribution in [3.8, 4) is 0 Å². The fraction of sp³-hybridized carbons (Fsp3) is 0.797. The van der Waals surface area contributed by atoms with Gasteiger partial charge < -0.3 is 14.2 Å². The molecule has 80 heavy (non-hydrogen) atoms. The van der Waals surface area contributed by atoms with Crippen LogP contribution in [0.1, 0.15) is 361 Å². The predicted octanol–water partition coefficient (Wildman–Crippen LogP) is 24.1. The van der Waals surface area contributed by atoms with Crippen LogP contribution in [-0.2, 0) is 28.6 Å². The predicted molar refractivity (Wildman–Crippen MR) is 348 cm³/mol. The SMILES string of the molecule is CCCCCC/C=C\C/C=C\CCCCCCCC(=O)OC(COC(=O)CCCCCCC/C=C\CCCCCCCC)COC(=O)CCCCCCCCCCCCCCCCCC/C=C\C/C=C\C/C=C\CCCCCCC. The van der Waals surface area contributed by atoms with Crippen LogP contribution in [0.25, 0.3) is 0 Å². The van der Waals surface area contributed by atoms with Crippen molar-refractivity contribution in [1.82, 2.24) is 0 Å². The van der Waals surface area contributed by atoms with Crippen LogP contribution < -0.4 is 0 Å². The van der Waals surface area contributed by atoms with Crippen molar-refractivity contribution in [2.45, 2.75) is 367 Å². The normalized spacial score (nSPS) is 12.5. The zero-order chi connectivity index (χ0) is 57.8. The van der Waals surface area contributed by atoms with Crippen molar-refractivity contribution in [3.63, 3.8) is 0 Å². The first-order valence-corrected chi connectivity index (χ1v) is 34.9. The Kier molecular flexibility index (Phi) is 65.7. The minimum Gasteiger partial charge on any atom is -0.462 e. The topological polar surface area (TPSA) is 78.9 Å². The molecule has 1 unspecified atom stereocenters. The van der Waals surface area contributed by atoms with Gasteiger partial charge in [-0.15, -0.1) is 0 Å². The third-order valence-electron chi connectivity index (χ3n) is 15.4. The maximum absolute atomic E-state index is 12.9. The van der Waals surface area contributed by atoms with Crippen molar-refractivity contribution in [2.24, 2.45) is 0 Å². The molecule has 0 bridgehead atoms. The second kappa shape index (κ2) is 68.3. The first-order chi connectivity index (χ1) is 39.5. The highest BCUT2D eigenvalue weighted by molar-refractivity contribution is 5.71. The molecule has 0 aliphatic carbocycles. The van der Waals surface area contributed by atoms with Crippen LogP contribution in [0, 0.1) is 0 Å². The summed E-state index contributed by atoms with van der Waals surface area (Å²) in [5.41, 5.74) is 0. The Hall–Kier alpha value is -3.15. The van der Waals surface area contributed by atoms with E-state index in [2.05, 4.69) is 93.7 Å². The van der Waals surface area contributed by atoms with Crippen LogP contribution in [0.3, 0.4) is 0 Å². The third kappa shape index (κ3) is 65.7. The molecular formula is C74H132O6. The molecule has 0 aromatic rings. The van der Waals surface area contributed by atoms with Crippen LogP contribution in [-0.4, -0.2) is 37.2 Å². The van der Waals surface area contributed by atoms with Gasteiger partial charge in [0.15, 0.2) is 6.10 Å². The average molecular weight is 1120 g/mol. The van der Waals surface area contributed by atoms with Gasteiger partial charge in [-0.3, -0.25) is 14.4 Å². The van der Waals surface area contributed by atoms with E-state index in [1.165, 1.54) is 218 Å². The maximum atomic E-state index is 12.9. The lowest BCUT2D eigenvalue weighted by Gasteiger charge is -2.18. The van der Waals surface area contributed by atoms with E-state index in [0.29, 0.717) is 19.3 Å². The van der Waals surface area contributed by atoms with Crippen LogP contribution in [0.15, 0.2) is 72.9 Å². The highest BCUT2D eigenvalue weighted by Crippen LogP contribution is 2.17. The van der Waals surface area contributed by atoms with E-state index in [1.54, 1.807) is 0 Å². The van der Waals surface area contributed by atoms with E-state index in [9.17, 15) is 14.4 Å². The largest absolute Gasteiger partial charge is 0.462 e. The molecule has 464 valence electrons. The van der Waals surface area contributed by atoms with Gasteiger partial charge in [-0.1, -0.05) is 299 Å². The van der Waals surface area contributed by atoms with Gasteiger partial charge in [0, 0.05) is 19.3 Å². The second-order valence-corrected chi connectivity index (χ2v) is 23.4. The summed E-state index contributed by atoms with van der Waals surface area (Å²) < 4.78 is 16.9. The molecule has 0 aliphatic rings. The lowest BCUT2D eigenvalue weighted by atomic mass is 10.0. The monoisotopic (exact) mass is 1120 g/mol. The molecule has 0 rings (SSSR count). The highest BCUT2D eigenvalue weighted by Gasteiger charge is 2.19. The number of rotatable bonds is 64. The molecule has 0 aromatic carbocycles. The van der Waals surface area contributed by atoms with Crippen LogP contribution in [0.4, 0.5) is 0 Å². The zero-order valence-corrected chi connectivity index (χ0v) is 53.3. The summed E-state index contributed by atoms with van der Waals surface area (Å²) in [6.45, 7) is 6.63. The van der Waals surface area contributed by atoms with E-state index in [1.807, 2.05) is 0 Å². The summed E-state index contributed by atoms with van der Waals surface area (Å²) in [6.07, 6.45) is 89.3. The van der Waals surface area contributed by atoms with Gasteiger partial charge in [-0.25, -0.2) is 0 Å². The lowest BCUT2D eigenvalue weighted by Crippen LogP contribution is -2.30. The molecule has 0 saturated heterocycles. The summed E-state index contributed by atoms with van der Waals surface area (Å²) in [4.78, 5) is 38.4.